The molecule has 7 heteroatoms. The summed E-state index contributed by atoms with van der Waals surface area (Å²) >= 11 is 0. The van der Waals surface area contributed by atoms with Crippen molar-refractivity contribution in [2.45, 2.75) is 59.5 Å². The summed E-state index contributed by atoms with van der Waals surface area (Å²) in [4.78, 5) is 26.0. The number of benzene rings is 1. The summed E-state index contributed by atoms with van der Waals surface area (Å²) < 4.78 is 5.54. The zero-order valence-electron chi connectivity index (χ0n) is 20.2. The van der Waals surface area contributed by atoms with Gasteiger partial charge in [-0.05, 0) is 55.5 Å². The highest BCUT2D eigenvalue weighted by molar-refractivity contribution is 5.73. The lowest BCUT2D eigenvalue weighted by atomic mass is 9.96. The highest BCUT2D eigenvalue weighted by Crippen LogP contribution is 2.32. The quantitative estimate of drug-likeness (QED) is 0.774. The van der Waals surface area contributed by atoms with Gasteiger partial charge in [0.15, 0.2) is 0 Å². The summed E-state index contributed by atoms with van der Waals surface area (Å²) in [5, 5.41) is 3.31. The van der Waals surface area contributed by atoms with Crippen molar-refractivity contribution in [2.24, 2.45) is 0 Å². The first-order valence-corrected chi connectivity index (χ1v) is 11.5. The Bertz CT molecular complexity index is 1020. The van der Waals surface area contributed by atoms with Crippen LogP contribution in [0.2, 0.25) is 0 Å². The molecule has 0 unspecified atom stereocenters. The second-order valence-corrected chi connectivity index (χ2v) is 9.14. The number of hydrogen-bond acceptors (Lipinski definition) is 6. The van der Waals surface area contributed by atoms with Gasteiger partial charge in [0.1, 0.15) is 17.4 Å². The summed E-state index contributed by atoms with van der Waals surface area (Å²) in [5.41, 5.74) is 7.52. The minimum absolute atomic E-state index is 0.134. The third kappa shape index (κ3) is 4.18. The molecule has 3 heterocycles. The number of methoxy groups -OCH3 is 1. The molecule has 0 spiro atoms. The Morgan fingerprint density at radius 3 is 2.66 bits per heavy atom. The van der Waals surface area contributed by atoms with Gasteiger partial charge in [0.2, 0.25) is 5.91 Å². The Hall–Kier alpha value is -2.67. The van der Waals surface area contributed by atoms with Crippen molar-refractivity contribution in [2.75, 3.05) is 39.1 Å². The first-order valence-electron chi connectivity index (χ1n) is 11.5. The third-order valence-corrected chi connectivity index (χ3v) is 7.20. The zero-order chi connectivity index (χ0) is 23.0. The van der Waals surface area contributed by atoms with Crippen LogP contribution in [0.1, 0.15) is 58.6 Å². The Kier molecular flexibility index (Phi) is 6.38. The Labute approximate surface area is 191 Å². The number of fused-ring (bicyclic) bond motifs is 1. The van der Waals surface area contributed by atoms with Crippen LogP contribution in [-0.4, -0.2) is 59.5 Å². The van der Waals surface area contributed by atoms with Crippen molar-refractivity contribution in [1.82, 2.24) is 19.8 Å². The van der Waals surface area contributed by atoms with Gasteiger partial charge in [0, 0.05) is 64.6 Å². The van der Waals surface area contributed by atoms with Crippen molar-refractivity contribution < 1.29 is 9.53 Å². The van der Waals surface area contributed by atoms with Crippen molar-refractivity contribution in [3.8, 4) is 5.75 Å². The number of nitrogens with zero attached hydrogens (tertiary/aromatic N) is 4. The van der Waals surface area contributed by atoms with E-state index < -0.39 is 0 Å². The predicted octanol–water partition coefficient (Wildman–Crippen LogP) is 3.35. The molecular weight excluding hydrogens is 402 g/mol. The minimum Gasteiger partial charge on any atom is -0.496 e. The van der Waals surface area contributed by atoms with Crippen molar-refractivity contribution >= 4 is 11.7 Å². The number of amides is 1. The summed E-state index contributed by atoms with van der Waals surface area (Å²) in [7, 11) is 3.67. The normalized spacial score (nSPS) is 18.6. The van der Waals surface area contributed by atoms with E-state index >= 15 is 0 Å². The number of ether oxygens (including phenoxy) is 1. The zero-order valence-corrected chi connectivity index (χ0v) is 20.2. The van der Waals surface area contributed by atoms with Crippen LogP contribution >= 0.6 is 0 Å². The molecule has 1 aromatic carbocycles. The summed E-state index contributed by atoms with van der Waals surface area (Å²) in [6, 6.07) is 2.15. The molecule has 1 atom stereocenters. The number of likely N-dealkylation sites (tertiary alicyclic amines) is 1. The highest BCUT2D eigenvalue weighted by Gasteiger charge is 2.30. The van der Waals surface area contributed by atoms with Crippen LogP contribution in [-0.2, 0) is 24.3 Å². The molecule has 1 aromatic heterocycles. The molecule has 0 bridgehead atoms. The third-order valence-electron chi connectivity index (χ3n) is 7.20. The Morgan fingerprint density at radius 2 is 2.00 bits per heavy atom. The second-order valence-electron chi connectivity index (χ2n) is 9.14. The Morgan fingerprint density at radius 1 is 1.22 bits per heavy atom. The van der Waals surface area contributed by atoms with Gasteiger partial charge in [-0.1, -0.05) is 0 Å². The topological polar surface area (TPSA) is 70.6 Å². The average Bonchev–Trinajstić information content (AvgIpc) is 3.29. The number of aryl methyl sites for hydroxylation is 1. The van der Waals surface area contributed by atoms with Crippen molar-refractivity contribution in [3.05, 3.63) is 45.4 Å². The molecule has 2 aliphatic rings. The van der Waals surface area contributed by atoms with Crippen LogP contribution in [0.25, 0.3) is 0 Å². The number of aromatic nitrogens is 2. The maximum absolute atomic E-state index is 11.7. The molecule has 4 rings (SSSR count). The lowest BCUT2D eigenvalue weighted by Gasteiger charge is -2.31. The molecule has 0 saturated carbocycles. The number of rotatable bonds is 5. The maximum atomic E-state index is 11.7. The molecule has 2 aliphatic heterocycles. The molecule has 0 aliphatic carbocycles. The van der Waals surface area contributed by atoms with Gasteiger partial charge in [-0.15, -0.1) is 0 Å². The molecule has 0 radical (unpaired) electrons. The molecule has 172 valence electrons. The maximum Gasteiger partial charge on any atom is 0.219 e. The van der Waals surface area contributed by atoms with E-state index in [4.69, 9.17) is 14.7 Å². The lowest BCUT2D eigenvalue weighted by molar-refractivity contribution is -0.127. The van der Waals surface area contributed by atoms with E-state index in [1.165, 1.54) is 27.8 Å². The van der Waals surface area contributed by atoms with Gasteiger partial charge < -0.3 is 15.0 Å². The van der Waals surface area contributed by atoms with Gasteiger partial charge in [-0.3, -0.25) is 9.69 Å². The van der Waals surface area contributed by atoms with Crippen LogP contribution < -0.4 is 10.1 Å². The van der Waals surface area contributed by atoms with Gasteiger partial charge in [0.05, 0.1) is 12.8 Å². The van der Waals surface area contributed by atoms with E-state index in [-0.39, 0.29) is 11.8 Å². The van der Waals surface area contributed by atoms with Crippen molar-refractivity contribution in [1.29, 1.82) is 0 Å². The smallest absolute Gasteiger partial charge is 0.219 e. The minimum atomic E-state index is 0.134. The standard InChI is InChI=1S/C25H35N5O2/c1-15-11-23(32-6)17(3)16(2)20(15)13-29-9-8-22-21(14-29)25(26-5)28-24(27-22)19-7-10-30(12-19)18(4)31/h11,19H,7-10,12-14H2,1-6H3,(H,26,27,28)/t19-/m0/s1. The number of carbonyl (C=O) groups is 1. The average molecular weight is 438 g/mol. The number of carbonyl (C=O) groups excluding carboxylic acids is 1. The van der Waals surface area contributed by atoms with E-state index in [0.717, 1.165) is 68.7 Å². The van der Waals surface area contributed by atoms with Crippen molar-refractivity contribution in [3.63, 3.8) is 0 Å². The molecule has 2 aromatic rings. The largest absolute Gasteiger partial charge is 0.496 e. The van der Waals surface area contributed by atoms with Gasteiger partial charge in [-0.2, -0.15) is 0 Å². The fraction of sp³-hybridized carbons (Fsp3) is 0.560. The van der Waals surface area contributed by atoms with Crippen LogP contribution in [0.3, 0.4) is 0 Å². The number of anilines is 1. The first kappa shape index (κ1) is 22.5. The van der Waals surface area contributed by atoms with Crippen LogP contribution in [0.15, 0.2) is 6.07 Å². The fourth-order valence-electron chi connectivity index (χ4n) is 5.05. The van der Waals surface area contributed by atoms with E-state index in [1.54, 1.807) is 14.0 Å². The van der Waals surface area contributed by atoms with E-state index in [0.29, 0.717) is 0 Å². The fourth-order valence-corrected chi connectivity index (χ4v) is 5.05. The van der Waals surface area contributed by atoms with Crippen LogP contribution in [0.5, 0.6) is 5.75 Å². The summed E-state index contributed by atoms with van der Waals surface area (Å²) in [6.07, 6.45) is 1.85. The van der Waals surface area contributed by atoms with Crippen LogP contribution in [0.4, 0.5) is 5.82 Å². The second kappa shape index (κ2) is 9.06. The number of hydrogen-bond donors (Lipinski definition) is 1. The van der Waals surface area contributed by atoms with E-state index in [1.807, 2.05) is 11.9 Å². The first-order chi connectivity index (χ1) is 15.3. The molecular formula is C25H35N5O2. The monoisotopic (exact) mass is 437 g/mol. The predicted molar refractivity (Wildman–Crippen MR) is 126 cm³/mol. The van der Waals surface area contributed by atoms with Gasteiger partial charge in [-0.25, -0.2) is 9.97 Å². The van der Waals surface area contributed by atoms with E-state index in [2.05, 4.69) is 37.1 Å². The molecule has 7 nitrogen and oxygen atoms in total. The number of nitrogens with one attached hydrogen (secondary N) is 1. The summed E-state index contributed by atoms with van der Waals surface area (Å²) in [5.74, 6) is 3.12. The molecule has 32 heavy (non-hydrogen) atoms. The SMILES string of the molecule is CNc1nc([C@H]2CCN(C(C)=O)C2)nc2c1CN(Cc1c(C)cc(OC)c(C)c1C)CC2. The lowest BCUT2D eigenvalue weighted by Crippen LogP contribution is -2.33. The molecule has 1 saturated heterocycles. The van der Waals surface area contributed by atoms with Crippen LogP contribution in [0, 0.1) is 20.8 Å². The highest BCUT2D eigenvalue weighted by atomic mass is 16.5. The van der Waals surface area contributed by atoms with Gasteiger partial charge >= 0.3 is 0 Å². The van der Waals surface area contributed by atoms with E-state index in [9.17, 15) is 4.79 Å². The summed E-state index contributed by atoms with van der Waals surface area (Å²) in [6.45, 7) is 12.4. The van der Waals surface area contributed by atoms with Gasteiger partial charge in [0.25, 0.3) is 0 Å². The Balaban J connectivity index is 1.56. The molecule has 1 fully saturated rings. The molecule has 1 N–H and O–H groups in total. The molecule has 1 amide bonds.